The fourth-order valence-electron chi connectivity index (χ4n) is 2.25. The second-order valence-corrected chi connectivity index (χ2v) is 8.37. The summed E-state index contributed by atoms with van der Waals surface area (Å²) in [5.74, 6) is 1.39. The van der Waals surface area contributed by atoms with Crippen LogP contribution >= 0.6 is 39.0 Å². The standard InChI is InChI=1S/C16H12BrN5O2S2/c17-10-3-4-13-19-11(6-14(23)22(13)8-10)9-25-16-21-20-15(26-16)18-7-12-2-1-5-24-12/h1-6,8H,7,9H2,(H,18,20). The average Bonchev–Trinajstić information content (AvgIpc) is 3.30. The number of hydrogen-bond donors (Lipinski definition) is 1. The Kier molecular flexibility index (Phi) is 5.05. The van der Waals surface area contributed by atoms with Crippen molar-refractivity contribution in [3.8, 4) is 0 Å². The first kappa shape index (κ1) is 17.3. The van der Waals surface area contributed by atoms with Gasteiger partial charge in [-0.05, 0) is 40.2 Å². The molecule has 0 fully saturated rings. The van der Waals surface area contributed by atoms with Crippen molar-refractivity contribution >= 4 is 49.8 Å². The Morgan fingerprint density at radius 3 is 3.08 bits per heavy atom. The molecule has 0 saturated heterocycles. The third-order valence-electron chi connectivity index (χ3n) is 3.42. The number of nitrogens with zero attached hydrogens (tertiary/aromatic N) is 4. The van der Waals surface area contributed by atoms with Gasteiger partial charge in [0.1, 0.15) is 11.4 Å². The smallest absolute Gasteiger partial charge is 0.258 e. The van der Waals surface area contributed by atoms with E-state index in [0.717, 1.165) is 19.7 Å². The van der Waals surface area contributed by atoms with Crippen LogP contribution in [0.2, 0.25) is 0 Å². The van der Waals surface area contributed by atoms with E-state index >= 15 is 0 Å². The zero-order valence-corrected chi connectivity index (χ0v) is 16.5. The average molecular weight is 450 g/mol. The van der Waals surface area contributed by atoms with E-state index in [2.05, 4.69) is 36.4 Å². The first-order chi connectivity index (χ1) is 12.7. The predicted molar refractivity (Wildman–Crippen MR) is 105 cm³/mol. The molecule has 4 aromatic heterocycles. The molecule has 0 radical (unpaired) electrons. The highest BCUT2D eigenvalue weighted by atomic mass is 79.9. The summed E-state index contributed by atoms with van der Waals surface area (Å²) in [6, 6.07) is 8.95. The molecule has 4 heterocycles. The van der Waals surface area contributed by atoms with Gasteiger partial charge in [-0.2, -0.15) is 0 Å². The van der Waals surface area contributed by atoms with Crippen molar-refractivity contribution < 1.29 is 4.42 Å². The Morgan fingerprint density at radius 2 is 2.23 bits per heavy atom. The molecule has 0 amide bonds. The second kappa shape index (κ2) is 7.60. The minimum atomic E-state index is -0.107. The van der Waals surface area contributed by atoms with E-state index in [1.807, 2.05) is 18.2 Å². The van der Waals surface area contributed by atoms with Crippen molar-refractivity contribution in [3.63, 3.8) is 0 Å². The van der Waals surface area contributed by atoms with Crippen LogP contribution in [0.5, 0.6) is 0 Å². The molecule has 0 aliphatic carbocycles. The van der Waals surface area contributed by atoms with Gasteiger partial charge in [-0.25, -0.2) is 4.98 Å². The van der Waals surface area contributed by atoms with Crippen molar-refractivity contribution in [1.82, 2.24) is 19.6 Å². The van der Waals surface area contributed by atoms with E-state index in [1.165, 1.54) is 27.5 Å². The summed E-state index contributed by atoms with van der Waals surface area (Å²) in [4.78, 5) is 16.7. The van der Waals surface area contributed by atoms with E-state index in [9.17, 15) is 4.79 Å². The van der Waals surface area contributed by atoms with E-state index in [4.69, 9.17) is 4.42 Å². The minimum Gasteiger partial charge on any atom is -0.467 e. The van der Waals surface area contributed by atoms with Gasteiger partial charge in [-0.3, -0.25) is 9.20 Å². The number of halogens is 1. The quantitative estimate of drug-likeness (QED) is 0.447. The highest BCUT2D eigenvalue weighted by Gasteiger charge is 2.08. The fraction of sp³-hybridized carbons (Fsp3) is 0.125. The largest absolute Gasteiger partial charge is 0.467 e. The summed E-state index contributed by atoms with van der Waals surface area (Å²) in [5, 5.41) is 12.1. The number of furan rings is 1. The molecule has 0 saturated carbocycles. The van der Waals surface area contributed by atoms with E-state index < -0.39 is 0 Å². The molecule has 0 unspecified atom stereocenters. The second-order valence-electron chi connectivity index (χ2n) is 5.26. The summed E-state index contributed by atoms with van der Waals surface area (Å²) < 4.78 is 8.42. The molecule has 4 rings (SSSR count). The molecule has 1 N–H and O–H groups in total. The number of thioether (sulfide) groups is 1. The van der Waals surface area contributed by atoms with Gasteiger partial charge in [-0.15, -0.1) is 10.2 Å². The summed E-state index contributed by atoms with van der Waals surface area (Å²) in [6.45, 7) is 0.560. The van der Waals surface area contributed by atoms with Crippen LogP contribution in [0.3, 0.4) is 0 Å². The normalized spacial score (nSPS) is 11.1. The van der Waals surface area contributed by atoms with Crippen LogP contribution in [-0.2, 0) is 12.3 Å². The highest BCUT2D eigenvalue weighted by Crippen LogP contribution is 2.28. The third kappa shape index (κ3) is 3.97. The lowest BCUT2D eigenvalue weighted by molar-refractivity contribution is 0.518. The Balaban J connectivity index is 1.42. The Hall–Kier alpha value is -2.17. The van der Waals surface area contributed by atoms with Crippen molar-refractivity contribution in [2.75, 3.05) is 5.32 Å². The van der Waals surface area contributed by atoms with Crippen LogP contribution in [0.4, 0.5) is 5.13 Å². The molecule has 0 spiro atoms. The van der Waals surface area contributed by atoms with Crippen LogP contribution in [0.15, 0.2) is 60.8 Å². The van der Waals surface area contributed by atoms with Crippen LogP contribution in [-0.4, -0.2) is 19.6 Å². The molecule has 0 aliphatic heterocycles. The molecule has 4 aromatic rings. The van der Waals surface area contributed by atoms with Gasteiger partial charge >= 0.3 is 0 Å². The van der Waals surface area contributed by atoms with Crippen LogP contribution < -0.4 is 10.9 Å². The summed E-state index contributed by atoms with van der Waals surface area (Å²) in [6.07, 6.45) is 3.35. The Bertz CT molecular complexity index is 1090. The summed E-state index contributed by atoms with van der Waals surface area (Å²) in [7, 11) is 0. The fourth-order valence-corrected chi connectivity index (χ4v) is 4.23. The zero-order valence-electron chi connectivity index (χ0n) is 13.3. The van der Waals surface area contributed by atoms with Gasteiger partial charge < -0.3 is 9.73 Å². The first-order valence-electron chi connectivity index (χ1n) is 7.58. The first-order valence-corrected chi connectivity index (χ1v) is 10.2. The molecule has 0 atom stereocenters. The van der Waals surface area contributed by atoms with Crippen molar-refractivity contribution in [2.24, 2.45) is 0 Å². The lowest BCUT2D eigenvalue weighted by Gasteiger charge is -2.03. The maximum Gasteiger partial charge on any atom is 0.258 e. The summed E-state index contributed by atoms with van der Waals surface area (Å²) in [5.41, 5.74) is 1.22. The molecule has 7 nitrogen and oxygen atoms in total. The van der Waals surface area contributed by atoms with E-state index in [-0.39, 0.29) is 5.56 Å². The third-order valence-corrected chi connectivity index (χ3v) is 5.94. The number of anilines is 1. The van der Waals surface area contributed by atoms with Crippen molar-refractivity contribution in [3.05, 3.63) is 69.1 Å². The Labute approximate surface area is 164 Å². The maximum atomic E-state index is 12.2. The van der Waals surface area contributed by atoms with Gasteiger partial charge in [0, 0.05) is 22.5 Å². The maximum absolute atomic E-state index is 12.2. The molecule has 10 heteroatoms. The van der Waals surface area contributed by atoms with Crippen LogP contribution in [0.25, 0.3) is 5.65 Å². The molecule has 0 aliphatic rings. The van der Waals surface area contributed by atoms with E-state index in [1.54, 1.807) is 24.6 Å². The number of nitrogens with one attached hydrogen (secondary N) is 1. The number of rotatable bonds is 6. The van der Waals surface area contributed by atoms with E-state index in [0.29, 0.717) is 23.6 Å². The summed E-state index contributed by atoms with van der Waals surface area (Å²) >= 11 is 6.31. The molecule has 0 bridgehead atoms. The van der Waals surface area contributed by atoms with Gasteiger partial charge in [0.25, 0.3) is 5.56 Å². The van der Waals surface area contributed by atoms with Crippen molar-refractivity contribution in [1.29, 1.82) is 0 Å². The number of fused-ring (bicyclic) bond motifs is 1. The monoisotopic (exact) mass is 449 g/mol. The zero-order chi connectivity index (χ0) is 17.9. The minimum absolute atomic E-state index is 0.107. The van der Waals surface area contributed by atoms with Crippen LogP contribution in [0, 0.1) is 0 Å². The molecule has 132 valence electrons. The molecular weight excluding hydrogens is 438 g/mol. The highest BCUT2D eigenvalue weighted by molar-refractivity contribution is 9.10. The molecule has 26 heavy (non-hydrogen) atoms. The van der Waals surface area contributed by atoms with Gasteiger partial charge in [0.15, 0.2) is 4.34 Å². The number of aromatic nitrogens is 4. The van der Waals surface area contributed by atoms with Crippen LogP contribution in [0.1, 0.15) is 11.5 Å². The molecular formula is C16H12BrN5O2S2. The topological polar surface area (TPSA) is 85.3 Å². The van der Waals surface area contributed by atoms with Crippen molar-refractivity contribution in [2.45, 2.75) is 16.6 Å². The number of hydrogen-bond acceptors (Lipinski definition) is 8. The lowest BCUT2D eigenvalue weighted by Crippen LogP contribution is -2.15. The predicted octanol–water partition coefficient (Wildman–Crippen LogP) is 3.81. The van der Waals surface area contributed by atoms with Gasteiger partial charge in [-0.1, -0.05) is 23.1 Å². The molecule has 0 aromatic carbocycles. The number of pyridine rings is 1. The SMILES string of the molecule is O=c1cc(CSc2nnc(NCc3ccco3)s2)nc2ccc(Br)cn12. The Morgan fingerprint density at radius 1 is 1.31 bits per heavy atom. The van der Waals surface area contributed by atoms with Gasteiger partial charge in [0.2, 0.25) is 5.13 Å². The van der Waals surface area contributed by atoms with Gasteiger partial charge in [0.05, 0.1) is 18.5 Å². The lowest BCUT2D eigenvalue weighted by atomic mass is 10.4.